The first kappa shape index (κ1) is 11.7. The van der Waals surface area contributed by atoms with Crippen molar-refractivity contribution in [3.63, 3.8) is 0 Å². The van der Waals surface area contributed by atoms with Crippen LogP contribution in [0.15, 0.2) is 0 Å². The highest BCUT2D eigenvalue weighted by Crippen LogP contribution is 2.14. The Labute approximate surface area is 76.9 Å². The van der Waals surface area contributed by atoms with Crippen molar-refractivity contribution in [1.29, 1.82) is 0 Å². The van der Waals surface area contributed by atoms with Crippen molar-refractivity contribution < 1.29 is 9.90 Å². The zero-order chi connectivity index (χ0) is 9.56. The molecule has 0 spiro atoms. The number of hydrogen-bond donors (Lipinski definition) is 3. The summed E-state index contributed by atoms with van der Waals surface area (Å²) in [6, 6.07) is 0. The van der Waals surface area contributed by atoms with E-state index in [1.165, 1.54) is 0 Å². The van der Waals surface area contributed by atoms with Crippen LogP contribution in [0.25, 0.3) is 0 Å². The Morgan fingerprint density at radius 2 is 2.25 bits per heavy atom. The van der Waals surface area contributed by atoms with Crippen LogP contribution < -0.4 is 11.3 Å². The lowest BCUT2D eigenvalue weighted by Crippen LogP contribution is -2.30. The van der Waals surface area contributed by atoms with E-state index < -0.39 is 0 Å². The minimum atomic E-state index is -0.337. The molecule has 12 heavy (non-hydrogen) atoms. The Hall–Kier alpha value is -0.260. The predicted molar refractivity (Wildman–Crippen MR) is 50.5 cm³/mol. The summed E-state index contributed by atoms with van der Waals surface area (Å²) in [7, 11) is 0. The number of nitrogens with two attached hydrogens (primary N) is 1. The molecule has 2 atom stereocenters. The average molecular weight is 192 g/mol. The lowest BCUT2D eigenvalue weighted by atomic mass is 10.3. The molecule has 4 N–H and O–H groups in total. The number of thioether (sulfide) groups is 1. The zero-order valence-electron chi connectivity index (χ0n) is 7.41. The molecule has 0 aliphatic carbocycles. The number of carbonyl (C=O) groups excluding carboxylic acids is 1. The fourth-order valence-corrected chi connectivity index (χ4v) is 1.50. The van der Waals surface area contributed by atoms with Crippen molar-refractivity contribution in [3.05, 3.63) is 0 Å². The number of nitrogens with one attached hydrogen (secondary N) is 1. The number of aliphatic hydroxyl groups is 1. The monoisotopic (exact) mass is 192 g/mol. The van der Waals surface area contributed by atoms with E-state index in [4.69, 9.17) is 10.9 Å². The van der Waals surface area contributed by atoms with Crippen LogP contribution in [0.1, 0.15) is 20.3 Å². The molecule has 4 nitrogen and oxygen atoms in total. The van der Waals surface area contributed by atoms with Crippen LogP contribution in [0.5, 0.6) is 0 Å². The van der Waals surface area contributed by atoms with Gasteiger partial charge in [0.25, 0.3) is 0 Å². The van der Waals surface area contributed by atoms with Crippen LogP contribution in [-0.2, 0) is 4.79 Å². The second kappa shape index (κ2) is 6.28. The maximum Gasteiger partial charge on any atom is 0.234 e. The van der Waals surface area contributed by atoms with Gasteiger partial charge in [0, 0.05) is 17.4 Å². The summed E-state index contributed by atoms with van der Waals surface area (Å²) in [6.45, 7) is 3.66. The van der Waals surface area contributed by atoms with Crippen LogP contribution in [0.3, 0.4) is 0 Å². The van der Waals surface area contributed by atoms with Crippen molar-refractivity contribution in [3.8, 4) is 0 Å². The lowest BCUT2D eigenvalue weighted by molar-refractivity contribution is -0.120. The third kappa shape index (κ3) is 5.40. The molecule has 0 aromatic heterocycles. The van der Waals surface area contributed by atoms with Gasteiger partial charge in [-0.15, -0.1) is 0 Å². The third-order valence-corrected chi connectivity index (χ3v) is 2.91. The first-order chi connectivity index (χ1) is 5.57. The number of amides is 1. The Bertz CT molecular complexity index is 141. The smallest absolute Gasteiger partial charge is 0.234 e. The fraction of sp³-hybridized carbons (Fsp3) is 0.857. The maximum atomic E-state index is 10.7. The third-order valence-electron chi connectivity index (χ3n) is 1.55. The molecule has 0 heterocycles. The zero-order valence-corrected chi connectivity index (χ0v) is 8.23. The maximum absolute atomic E-state index is 10.7. The molecule has 0 fully saturated rings. The van der Waals surface area contributed by atoms with Gasteiger partial charge in [0.1, 0.15) is 0 Å². The van der Waals surface area contributed by atoms with Gasteiger partial charge in [0.05, 0.1) is 6.10 Å². The van der Waals surface area contributed by atoms with E-state index in [1.54, 1.807) is 18.7 Å². The highest BCUT2D eigenvalue weighted by Gasteiger charge is 2.09. The number of carbonyl (C=O) groups is 1. The summed E-state index contributed by atoms with van der Waals surface area (Å²) < 4.78 is 0. The Morgan fingerprint density at radius 3 is 2.67 bits per heavy atom. The Balaban J connectivity index is 3.37. The van der Waals surface area contributed by atoms with Gasteiger partial charge in [-0.1, -0.05) is 6.92 Å². The molecule has 0 aliphatic rings. The standard InChI is InChI=1S/C7H16N2O2S/c1-5(10)6(2)12-4-3-7(11)9-8/h5-6,10H,3-4,8H2,1-2H3,(H,9,11). The van der Waals surface area contributed by atoms with Crippen molar-refractivity contribution in [2.45, 2.75) is 31.6 Å². The molecular formula is C7H16N2O2S. The van der Waals surface area contributed by atoms with Crippen LogP contribution in [0.2, 0.25) is 0 Å². The molecule has 0 bridgehead atoms. The van der Waals surface area contributed by atoms with Crippen LogP contribution in [0.4, 0.5) is 0 Å². The lowest BCUT2D eigenvalue weighted by Gasteiger charge is -2.13. The van der Waals surface area contributed by atoms with E-state index in [1.807, 2.05) is 6.92 Å². The van der Waals surface area contributed by atoms with Crippen LogP contribution in [0, 0.1) is 0 Å². The van der Waals surface area contributed by atoms with E-state index >= 15 is 0 Å². The summed E-state index contributed by atoms with van der Waals surface area (Å²) in [5.74, 6) is 5.41. The molecule has 0 rings (SSSR count). The second-order valence-corrected chi connectivity index (χ2v) is 4.12. The molecule has 0 aromatic rings. The molecule has 0 saturated heterocycles. The second-order valence-electron chi connectivity index (χ2n) is 2.63. The molecule has 1 amide bonds. The van der Waals surface area contributed by atoms with Gasteiger partial charge in [-0.05, 0) is 6.92 Å². The summed E-state index contributed by atoms with van der Waals surface area (Å²) in [4.78, 5) is 10.7. The molecular weight excluding hydrogens is 176 g/mol. The molecule has 0 aliphatic heterocycles. The molecule has 72 valence electrons. The minimum Gasteiger partial charge on any atom is -0.392 e. The molecule has 0 aromatic carbocycles. The van der Waals surface area contributed by atoms with Gasteiger partial charge in [-0.3, -0.25) is 10.2 Å². The van der Waals surface area contributed by atoms with Crippen molar-refractivity contribution in [2.24, 2.45) is 5.84 Å². The van der Waals surface area contributed by atoms with Crippen molar-refractivity contribution in [1.82, 2.24) is 5.43 Å². The summed E-state index contributed by atoms with van der Waals surface area (Å²) in [6.07, 6.45) is 0.0639. The number of rotatable bonds is 5. The van der Waals surface area contributed by atoms with Crippen LogP contribution >= 0.6 is 11.8 Å². The quantitative estimate of drug-likeness (QED) is 0.322. The minimum absolute atomic E-state index is 0.163. The van der Waals surface area contributed by atoms with Gasteiger partial charge >= 0.3 is 0 Å². The number of hydrogen-bond acceptors (Lipinski definition) is 4. The van der Waals surface area contributed by atoms with E-state index in [9.17, 15) is 4.79 Å². The molecule has 0 radical (unpaired) electrons. The summed E-state index contributed by atoms with van der Waals surface area (Å²) in [5, 5.41) is 9.26. The predicted octanol–water partition coefficient (Wildman–Crippen LogP) is -0.131. The average Bonchev–Trinajstić information content (AvgIpc) is 2.03. The van der Waals surface area contributed by atoms with E-state index in [0.717, 1.165) is 0 Å². The fourth-order valence-electron chi connectivity index (χ4n) is 0.549. The van der Waals surface area contributed by atoms with Gasteiger partial charge in [-0.2, -0.15) is 11.8 Å². The SMILES string of the molecule is CC(O)C(C)SCCC(=O)NN. The van der Waals surface area contributed by atoms with Crippen molar-refractivity contribution >= 4 is 17.7 Å². The summed E-state index contributed by atoms with van der Waals surface area (Å²) >= 11 is 1.56. The van der Waals surface area contributed by atoms with E-state index in [-0.39, 0.29) is 17.3 Å². The highest BCUT2D eigenvalue weighted by atomic mass is 32.2. The largest absolute Gasteiger partial charge is 0.392 e. The molecule has 5 heteroatoms. The van der Waals surface area contributed by atoms with E-state index in [0.29, 0.717) is 12.2 Å². The number of hydrazine groups is 1. The van der Waals surface area contributed by atoms with Gasteiger partial charge < -0.3 is 5.11 Å². The van der Waals surface area contributed by atoms with Gasteiger partial charge in [0.15, 0.2) is 0 Å². The number of aliphatic hydroxyl groups excluding tert-OH is 1. The first-order valence-electron chi connectivity index (χ1n) is 3.87. The van der Waals surface area contributed by atoms with Gasteiger partial charge in [0.2, 0.25) is 5.91 Å². The van der Waals surface area contributed by atoms with E-state index in [2.05, 4.69) is 5.43 Å². The summed E-state index contributed by atoms with van der Waals surface area (Å²) in [5.41, 5.74) is 2.05. The highest BCUT2D eigenvalue weighted by molar-refractivity contribution is 7.99. The topological polar surface area (TPSA) is 75.3 Å². The normalized spacial score (nSPS) is 15.3. The van der Waals surface area contributed by atoms with Crippen LogP contribution in [-0.4, -0.2) is 28.1 Å². The van der Waals surface area contributed by atoms with Crippen molar-refractivity contribution in [2.75, 3.05) is 5.75 Å². The Morgan fingerprint density at radius 1 is 1.67 bits per heavy atom. The molecule has 2 unspecified atom stereocenters. The van der Waals surface area contributed by atoms with Gasteiger partial charge in [-0.25, -0.2) is 5.84 Å². The Kier molecular flexibility index (Phi) is 6.14. The molecule has 0 saturated carbocycles. The first-order valence-corrected chi connectivity index (χ1v) is 4.92.